The van der Waals surface area contributed by atoms with Crippen LogP contribution in [-0.2, 0) is 11.8 Å². The van der Waals surface area contributed by atoms with Crippen LogP contribution in [0.2, 0.25) is 0 Å². The van der Waals surface area contributed by atoms with Crippen LogP contribution in [0.3, 0.4) is 0 Å². The highest BCUT2D eigenvalue weighted by atomic mass is 32.2. The lowest BCUT2D eigenvalue weighted by Crippen LogP contribution is -2.13. The maximum absolute atomic E-state index is 13.6. The molecule has 1 aromatic heterocycles. The standard InChI is InChI=1S/C20H20FN3O2S/c1-24-12-11-22-20(24)27-18-10-9-15(21)14-17(18)23-19(25)8-5-13-26-16-6-3-2-4-7-16/h2-4,6-7,9-12,14H,5,8,13H2,1H3,(H,23,25). The number of anilines is 1. The zero-order valence-electron chi connectivity index (χ0n) is 14.9. The van der Waals surface area contributed by atoms with Crippen molar-refractivity contribution in [2.24, 2.45) is 7.05 Å². The Hall–Kier alpha value is -2.80. The molecule has 0 aliphatic rings. The van der Waals surface area contributed by atoms with Crippen LogP contribution in [0.1, 0.15) is 12.8 Å². The highest BCUT2D eigenvalue weighted by Crippen LogP contribution is 2.33. The molecule has 0 spiro atoms. The number of carbonyl (C=O) groups is 1. The Morgan fingerprint density at radius 3 is 2.81 bits per heavy atom. The van der Waals surface area contributed by atoms with E-state index in [1.54, 1.807) is 12.3 Å². The van der Waals surface area contributed by atoms with Gasteiger partial charge in [-0.15, -0.1) is 0 Å². The smallest absolute Gasteiger partial charge is 0.224 e. The number of rotatable bonds is 8. The van der Waals surface area contributed by atoms with Crippen molar-refractivity contribution < 1.29 is 13.9 Å². The van der Waals surface area contributed by atoms with Crippen LogP contribution in [0, 0.1) is 5.82 Å². The van der Waals surface area contributed by atoms with E-state index in [4.69, 9.17) is 4.74 Å². The van der Waals surface area contributed by atoms with E-state index in [1.165, 1.54) is 23.9 Å². The van der Waals surface area contributed by atoms with Crippen molar-refractivity contribution in [1.82, 2.24) is 9.55 Å². The Labute approximate surface area is 161 Å². The molecule has 27 heavy (non-hydrogen) atoms. The number of aromatic nitrogens is 2. The summed E-state index contributed by atoms with van der Waals surface area (Å²) >= 11 is 1.37. The van der Waals surface area contributed by atoms with Gasteiger partial charge >= 0.3 is 0 Å². The van der Waals surface area contributed by atoms with Crippen molar-refractivity contribution in [1.29, 1.82) is 0 Å². The minimum atomic E-state index is -0.401. The molecule has 0 saturated heterocycles. The molecule has 3 rings (SSSR count). The van der Waals surface area contributed by atoms with Crippen LogP contribution in [0.15, 0.2) is 71.0 Å². The molecule has 140 valence electrons. The minimum Gasteiger partial charge on any atom is -0.494 e. The number of halogens is 1. The van der Waals surface area contributed by atoms with Gasteiger partial charge in [-0.3, -0.25) is 4.79 Å². The molecule has 2 aromatic carbocycles. The number of aryl methyl sites for hydroxylation is 1. The maximum Gasteiger partial charge on any atom is 0.224 e. The second kappa shape index (κ2) is 9.23. The summed E-state index contributed by atoms with van der Waals surface area (Å²) in [6.45, 7) is 0.440. The quantitative estimate of drug-likeness (QED) is 0.580. The minimum absolute atomic E-state index is 0.182. The number of hydrogen-bond donors (Lipinski definition) is 1. The molecular formula is C20H20FN3O2S. The summed E-state index contributed by atoms with van der Waals surface area (Å²) in [6, 6.07) is 13.8. The molecule has 0 saturated carbocycles. The van der Waals surface area contributed by atoms with Crippen LogP contribution in [-0.4, -0.2) is 22.1 Å². The van der Waals surface area contributed by atoms with Gasteiger partial charge in [0.1, 0.15) is 11.6 Å². The fourth-order valence-corrected chi connectivity index (χ4v) is 3.26. The second-order valence-electron chi connectivity index (χ2n) is 5.88. The summed E-state index contributed by atoms with van der Waals surface area (Å²) in [6.07, 6.45) is 4.38. The number of benzene rings is 2. The van der Waals surface area contributed by atoms with Gasteiger partial charge in [0, 0.05) is 30.8 Å². The van der Waals surface area contributed by atoms with Gasteiger partial charge in [0.15, 0.2) is 5.16 Å². The molecule has 0 bridgehead atoms. The van der Waals surface area contributed by atoms with Crippen molar-refractivity contribution in [2.75, 3.05) is 11.9 Å². The first-order chi connectivity index (χ1) is 13.1. The van der Waals surface area contributed by atoms with E-state index in [2.05, 4.69) is 10.3 Å². The summed E-state index contributed by atoms with van der Waals surface area (Å²) < 4.78 is 21.1. The fourth-order valence-electron chi connectivity index (χ4n) is 2.39. The van der Waals surface area contributed by atoms with E-state index in [9.17, 15) is 9.18 Å². The molecule has 1 N–H and O–H groups in total. The van der Waals surface area contributed by atoms with Crippen molar-refractivity contribution in [2.45, 2.75) is 22.9 Å². The lowest BCUT2D eigenvalue weighted by molar-refractivity contribution is -0.116. The molecule has 0 fully saturated rings. The normalized spacial score (nSPS) is 10.6. The first kappa shape index (κ1) is 19.0. The van der Waals surface area contributed by atoms with E-state index in [0.717, 1.165) is 15.8 Å². The van der Waals surface area contributed by atoms with Crippen LogP contribution in [0.4, 0.5) is 10.1 Å². The topological polar surface area (TPSA) is 56.2 Å². The molecule has 1 heterocycles. The molecule has 0 aliphatic carbocycles. The Bertz CT molecular complexity index is 899. The summed E-state index contributed by atoms with van der Waals surface area (Å²) in [5.74, 6) is 0.192. The first-order valence-corrected chi connectivity index (χ1v) is 9.36. The van der Waals surface area contributed by atoms with Gasteiger partial charge in [-0.05, 0) is 48.5 Å². The third-order valence-electron chi connectivity index (χ3n) is 3.75. The van der Waals surface area contributed by atoms with Crippen molar-refractivity contribution in [3.05, 3.63) is 66.7 Å². The van der Waals surface area contributed by atoms with Gasteiger partial charge in [-0.25, -0.2) is 9.37 Å². The van der Waals surface area contributed by atoms with Crippen molar-refractivity contribution >= 4 is 23.4 Å². The zero-order chi connectivity index (χ0) is 19.1. The van der Waals surface area contributed by atoms with E-state index in [1.807, 2.05) is 48.1 Å². The molecule has 0 aliphatic heterocycles. The fraction of sp³-hybridized carbons (Fsp3) is 0.200. The summed E-state index contributed by atoms with van der Waals surface area (Å²) in [5, 5.41) is 3.55. The van der Waals surface area contributed by atoms with Gasteiger partial charge in [0.25, 0.3) is 0 Å². The summed E-state index contributed by atoms with van der Waals surface area (Å²) in [7, 11) is 1.88. The molecule has 5 nitrogen and oxygen atoms in total. The van der Waals surface area contributed by atoms with E-state index in [-0.39, 0.29) is 12.3 Å². The van der Waals surface area contributed by atoms with Crippen LogP contribution in [0.25, 0.3) is 0 Å². The number of hydrogen-bond acceptors (Lipinski definition) is 4. The number of ether oxygens (including phenoxy) is 1. The van der Waals surface area contributed by atoms with E-state index in [0.29, 0.717) is 18.7 Å². The largest absolute Gasteiger partial charge is 0.494 e. The van der Waals surface area contributed by atoms with Crippen molar-refractivity contribution in [3.8, 4) is 5.75 Å². The van der Waals surface area contributed by atoms with Crippen molar-refractivity contribution in [3.63, 3.8) is 0 Å². The number of para-hydroxylation sites is 1. The number of nitrogens with zero attached hydrogens (tertiary/aromatic N) is 2. The maximum atomic E-state index is 13.6. The van der Waals surface area contributed by atoms with E-state index >= 15 is 0 Å². The predicted octanol–water partition coefficient (Wildman–Crippen LogP) is 4.51. The molecule has 3 aromatic rings. The molecule has 0 atom stereocenters. The summed E-state index contributed by atoms with van der Waals surface area (Å²) in [4.78, 5) is 17.2. The number of carbonyl (C=O) groups excluding carboxylic acids is 1. The Morgan fingerprint density at radius 2 is 2.07 bits per heavy atom. The zero-order valence-corrected chi connectivity index (χ0v) is 15.7. The third kappa shape index (κ3) is 5.59. The molecule has 7 heteroatoms. The lowest BCUT2D eigenvalue weighted by atomic mass is 10.2. The van der Waals surface area contributed by atoms with Crippen LogP contribution < -0.4 is 10.1 Å². The van der Waals surface area contributed by atoms with E-state index < -0.39 is 5.82 Å². The molecular weight excluding hydrogens is 365 g/mol. The summed E-state index contributed by atoms with van der Waals surface area (Å²) in [5.41, 5.74) is 0.442. The third-order valence-corrected chi connectivity index (χ3v) is 4.91. The Kier molecular flexibility index (Phi) is 6.49. The highest BCUT2D eigenvalue weighted by molar-refractivity contribution is 7.99. The first-order valence-electron chi connectivity index (χ1n) is 8.54. The van der Waals surface area contributed by atoms with Gasteiger partial charge in [-0.1, -0.05) is 18.2 Å². The number of imidazole rings is 1. The van der Waals surface area contributed by atoms with Gasteiger partial charge in [-0.2, -0.15) is 0 Å². The Morgan fingerprint density at radius 1 is 1.26 bits per heavy atom. The predicted molar refractivity (Wildman–Crippen MR) is 104 cm³/mol. The van der Waals surface area contributed by atoms with Gasteiger partial charge in [0.2, 0.25) is 5.91 Å². The molecule has 0 radical (unpaired) electrons. The second-order valence-corrected chi connectivity index (χ2v) is 6.89. The van der Waals surface area contributed by atoms with Gasteiger partial charge < -0.3 is 14.6 Å². The molecule has 1 amide bonds. The van der Waals surface area contributed by atoms with Gasteiger partial charge in [0.05, 0.1) is 12.3 Å². The monoisotopic (exact) mass is 385 g/mol. The SMILES string of the molecule is Cn1ccnc1Sc1ccc(F)cc1NC(=O)CCCOc1ccccc1. The van der Waals surface area contributed by atoms with Crippen LogP contribution >= 0.6 is 11.8 Å². The average Bonchev–Trinajstić information content (AvgIpc) is 3.06. The molecule has 0 unspecified atom stereocenters. The lowest BCUT2D eigenvalue weighted by Gasteiger charge is -2.11. The number of nitrogens with one attached hydrogen (secondary N) is 1. The highest BCUT2D eigenvalue weighted by Gasteiger charge is 2.12. The van der Waals surface area contributed by atoms with Crippen LogP contribution in [0.5, 0.6) is 5.75 Å². The number of amides is 1. The average molecular weight is 385 g/mol. The Balaban J connectivity index is 1.55.